The maximum Gasteiger partial charge on any atom is 0.358 e. The maximum absolute atomic E-state index is 11.8. The van der Waals surface area contributed by atoms with Gasteiger partial charge >= 0.3 is 5.97 Å². The summed E-state index contributed by atoms with van der Waals surface area (Å²) in [6.07, 6.45) is 0. The van der Waals surface area contributed by atoms with Gasteiger partial charge in [-0.2, -0.15) is 5.10 Å². The number of ether oxygens (including phenoxy) is 2. The Morgan fingerprint density at radius 3 is 2.61 bits per heavy atom. The number of anilines is 1. The molecule has 0 aliphatic rings. The molecular weight excluding hydrogens is 234 g/mol. The number of nitrogen functional groups attached to an aromatic ring is 1. The van der Waals surface area contributed by atoms with E-state index in [4.69, 9.17) is 15.2 Å². The topological polar surface area (TPSA) is 79.4 Å². The van der Waals surface area contributed by atoms with Gasteiger partial charge < -0.3 is 15.2 Å². The van der Waals surface area contributed by atoms with Crippen LogP contribution in [0.3, 0.4) is 0 Å². The van der Waals surface area contributed by atoms with Gasteiger partial charge in [0.05, 0.1) is 18.0 Å². The lowest BCUT2D eigenvalue weighted by molar-refractivity contribution is 0.0269. The van der Waals surface area contributed by atoms with Gasteiger partial charge in [-0.1, -0.05) is 13.8 Å². The van der Waals surface area contributed by atoms with Gasteiger partial charge in [0, 0.05) is 13.7 Å². The van der Waals surface area contributed by atoms with Crippen LogP contribution in [0.1, 0.15) is 30.0 Å². The number of aryl methyl sites for hydroxylation is 2. The highest BCUT2D eigenvalue weighted by atomic mass is 16.6. The van der Waals surface area contributed by atoms with Gasteiger partial charge in [-0.25, -0.2) is 4.79 Å². The first-order chi connectivity index (χ1) is 8.43. The van der Waals surface area contributed by atoms with Gasteiger partial charge in [-0.15, -0.1) is 0 Å². The number of carbonyl (C=O) groups is 1. The standard InChI is InChI=1S/C12H21N3O3/c1-8(2)7-17-5-6-18-12(16)11-10(13)9(3)14-15(11)4/h8H,5-7,13H2,1-4H3. The third-order valence-electron chi connectivity index (χ3n) is 2.37. The zero-order valence-electron chi connectivity index (χ0n) is 11.4. The molecule has 102 valence electrons. The first-order valence-electron chi connectivity index (χ1n) is 5.97. The molecule has 1 rings (SSSR count). The minimum Gasteiger partial charge on any atom is -0.458 e. The second kappa shape index (κ2) is 6.39. The lowest BCUT2D eigenvalue weighted by Gasteiger charge is -2.08. The number of rotatable bonds is 6. The first-order valence-corrected chi connectivity index (χ1v) is 5.97. The Hall–Kier alpha value is -1.56. The molecule has 0 fully saturated rings. The minimum atomic E-state index is -0.469. The van der Waals surface area contributed by atoms with Gasteiger partial charge in [0.15, 0.2) is 5.69 Å². The van der Waals surface area contributed by atoms with E-state index < -0.39 is 5.97 Å². The van der Waals surface area contributed by atoms with Crippen LogP contribution in [0, 0.1) is 12.8 Å². The minimum absolute atomic E-state index is 0.217. The normalized spacial score (nSPS) is 10.9. The van der Waals surface area contributed by atoms with Crippen molar-refractivity contribution in [2.24, 2.45) is 13.0 Å². The number of esters is 1. The molecule has 2 N–H and O–H groups in total. The zero-order valence-corrected chi connectivity index (χ0v) is 11.4. The molecule has 0 saturated carbocycles. The van der Waals surface area contributed by atoms with E-state index in [2.05, 4.69) is 18.9 Å². The Morgan fingerprint density at radius 2 is 2.11 bits per heavy atom. The Bertz CT molecular complexity index is 413. The number of aromatic nitrogens is 2. The van der Waals surface area contributed by atoms with Gasteiger partial charge in [0.1, 0.15) is 6.61 Å². The second-order valence-electron chi connectivity index (χ2n) is 4.58. The molecule has 0 saturated heterocycles. The van der Waals surface area contributed by atoms with Crippen molar-refractivity contribution in [2.75, 3.05) is 25.6 Å². The van der Waals surface area contributed by atoms with Crippen LogP contribution in [-0.4, -0.2) is 35.6 Å². The Labute approximate surface area is 107 Å². The van der Waals surface area contributed by atoms with Crippen LogP contribution in [0.2, 0.25) is 0 Å². The van der Waals surface area contributed by atoms with E-state index in [0.717, 1.165) is 0 Å². The number of hydrogen-bond donors (Lipinski definition) is 1. The lowest BCUT2D eigenvalue weighted by Crippen LogP contribution is -2.16. The zero-order chi connectivity index (χ0) is 13.7. The van der Waals surface area contributed by atoms with Gasteiger partial charge in [0.25, 0.3) is 0 Å². The number of nitrogens with two attached hydrogens (primary N) is 1. The molecule has 1 heterocycles. The van der Waals surface area contributed by atoms with Crippen LogP contribution in [0.4, 0.5) is 5.69 Å². The highest BCUT2D eigenvalue weighted by Crippen LogP contribution is 2.15. The van der Waals surface area contributed by atoms with Gasteiger partial charge in [-0.3, -0.25) is 4.68 Å². The molecule has 0 amide bonds. The second-order valence-corrected chi connectivity index (χ2v) is 4.58. The molecule has 6 heteroatoms. The van der Waals surface area contributed by atoms with Crippen molar-refractivity contribution in [3.63, 3.8) is 0 Å². The largest absolute Gasteiger partial charge is 0.458 e. The average Bonchev–Trinajstić information content (AvgIpc) is 2.52. The fourth-order valence-corrected chi connectivity index (χ4v) is 1.50. The first kappa shape index (κ1) is 14.5. The van der Waals surface area contributed by atoms with Crippen molar-refractivity contribution in [1.82, 2.24) is 9.78 Å². The number of nitrogens with zero attached hydrogens (tertiary/aromatic N) is 2. The van der Waals surface area contributed by atoms with Crippen LogP contribution in [-0.2, 0) is 16.5 Å². The maximum atomic E-state index is 11.8. The summed E-state index contributed by atoms with van der Waals surface area (Å²) >= 11 is 0. The Morgan fingerprint density at radius 1 is 1.44 bits per heavy atom. The monoisotopic (exact) mass is 255 g/mol. The summed E-state index contributed by atoms with van der Waals surface area (Å²) in [4.78, 5) is 11.8. The third kappa shape index (κ3) is 3.73. The summed E-state index contributed by atoms with van der Waals surface area (Å²) in [5.74, 6) is -0.000170. The van der Waals surface area contributed by atoms with E-state index in [1.165, 1.54) is 4.68 Å². The number of carbonyl (C=O) groups excluding carboxylic acids is 1. The smallest absolute Gasteiger partial charge is 0.358 e. The van der Waals surface area contributed by atoms with Crippen LogP contribution in [0.5, 0.6) is 0 Å². The van der Waals surface area contributed by atoms with E-state index in [0.29, 0.717) is 30.5 Å². The molecule has 0 bridgehead atoms. The van der Waals surface area contributed by atoms with Crippen molar-refractivity contribution < 1.29 is 14.3 Å². The highest BCUT2D eigenvalue weighted by molar-refractivity contribution is 5.93. The molecule has 0 radical (unpaired) electrons. The summed E-state index contributed by atoms with van der Waals surface area (Å²) in [5, 5.41) is 4.06. The van der Waals surface area contributed by atoms with E-state index in [1.54, 1.807) is 14.0 Å². The summed E-state index contributed by atoms with van der Waals surface area (Å²) in [6.45, 7) is 7.13. The fourth-order valence-electron chi connectivity index (χ4n) is 1.50. The quantitative estimate of drug-likeness (QED) is 0.609. The molecule has 1 aromatic heterocycles. The molecule has 0 aromatic carbocycles. The van der Waals surface area contributed by atoms with Crippen molar-refractivity contribution >= 4 is 11.7 Å². The van der Waals surface area contributed by atoms with Crippen molar-refractivity contribution in [1.29, 1.82) is 0 Å². The molecule has 0 unspecified atom stereocenters. The summed E-state index contributed by atoms with van der Waals surface area (Å²) in [7, 11) is 1.66. The average molecular weight is 255 g/mol. The molecule has 18 heavy (non-hydrogen) atoms. The van der Waals surface area contributed by atoms with Crippen LogP contribution < -0.4 is 5.73 Å². The molecule has 1 aromatic rings. The third-order valence-corrected chi connectivity index (χ3v) is 2.37. The highest BCUT2D eigenvalue weighted by Gasteiger charge is 2.19. The van der Waals surface area contributed by atoms with Crippen molar-refractivity contribution in [3.8, 4) is 0 Å². The van der Waals surface area contributed by atoms with Crippen molar-refractivity contribution in [3.05, 3.63) is 11.4 Å². The predicted molar refractivity (Wildman–Crippen MR) is 68.3 cm³/mol. The summed E-state index contributed by atoms with van der Waals surface area (Å²) < 4.78 is 11.8. The fraction of sp³-hybridized carbons (Fsp3) is 0.667. The molecule has 6 nitrogen and oxygen atoms in total. The van der Waals surface area contributed by atoms with E-state index in [1.807, 2.05) is 0 Å². The molecule has 0 spiro atoms. The van der Waals surface area contributed by atoms with E-state index in [9.17, 15) is 4.79 Å². The Balaban J connectivity index is 2.41. The van der Waals surface area contributed by atoms with Gasteiger partial charge in [-0.05, 0) is 12.8 Å². The molecule has 0 aliphatic heterocycles. The van der Waals surface area contributed by atoms with E-state index in [-0.39, 0.29) is 12.3 Å². The van der Waals surface area contributed by atoms with Crippen molar-refractivity contribution in [2.45, 2.75) is 20.8 Å². The van der Waals surface area contributed by atoms with E-state index >= 15 is 0 Å². The molecular formula is C12H21N3O3. The van der Waals surface area contributed by atoms with Gasteiger partial charge in [0.2, 0.25) is 0 Å². The lowest BCUT2D eigenvalue weighted by atomic mass is 10.2. The summed E-state index contributed by atoms with van der Waals surface area (Å²) in [5.41, 5.74) is 7.04. The molecule has 0 atom stereocenters. The predicted octanol–water partition coefficient (Wildman–Crippen LogP) is 1.14. The summed E-state index contributed by atoms with van der Waals surface area (Å²) in [6, 6.07) is 0. The van der Waals surface area contributed by atoms with Crippen LogP contribution >= 0.6 is 0 Å². The number of hydrogen-bond acceptors (Lipinski definition) is 5. The van der Waals surface area contributed by atoms with Crippen LogP contribution in [0.25, 0.3) is 0 Å². The Kier molecular flexibility index (Phi) is 5.15. The van der Waals surface area contributed by atoms with Crippen LogP contribution in [0.15, 0.2) is 0 Å². The molecule has 0 aliphatic carbocycles. The SMILES string of the molecule is Cc1nn(C)c(C(=O)OCCOCC(C)C)c1N.